The fourth-order valence-corrected chi connectivity index (χ4v) is 2.63. The van der Waals surface area contributed by atoms with E-state index in [4.69, 9.17) is 5.73 Å². The number of benzene rings is 1. The second kappa shape index (κ2) is 9.02. The van der Waals surface area contributed by atoms with E-state index in [0.29, 0.717) is 11.6 Å². The SMILES string of the molecule is CC.NC(=O)c1ccc(NCC2CCCCC2)c([N+](=O)[O-])c1. The minimum absolute atomic E-state index is 0.0999. The molecule has 0 unspecified atom stereocenters. The molecule has 0 atom stereocenters. The molecule has 0 radical (unpaired) electrons. The number of carbonyl (C=O) groups excluding carboxylic acids is 1. The van der Waals surface area contributed by atoms with Crippen molar-refractivity contribution in [2.45, 2.75) is 46.0 Å². The van der Waals surface area contributed by atoms with Crippen LogP contribution in [-0.2, 0) is 0 Å². The first kappa shape index (κ1) is 17.9. The number of nitrogens with two attached hydrogens (primary N) is 1. The Balaban J connectivity index is 0.00000116. The molecular weight excluding hydrogens is 282 g/mol. The van der Waals surface area contributed by atoms with E-state index in [1.165, 1.54) is 44.2 Å². The van der Waals surface area contributed by atoms with Gasteiger partial charge in [0.1, 0.15) is 5.69 Å². The molecule has 6 heteroatoms. The number of anilines is 1. The van der Waals surface area contributed by atoms with Gasteiger partial charge in [-0.25, -0.2) is 0 Å². The molecule has 0 bridgehead atoms. The summed E-state index contributed by atoms with van der Waals surface area (Å²) in [6, 6.07) is 4.30. The van der Waals surface area contributed by atoms with Crippen LogP contribution < -0.4 is 11.1 Å². The van der Waals surface area contributed by atoms with Crippen LogP contribution in [0.3, 0.4) is 0 Å². The first-order valence-electron chi connectivity index (χ1n) is 7.90. The molecule has 1 saturated carbocycles. The Morgan fingerprint density at radius 2 is 1.95 bits per heavy atom. The number of amides is 1. The van der Waals surface area contributed by atoms with Gasteiger partial charge in [-0.1, -0.05) is 33.1 Å². The van der Waals surface area contributed by atoms with Crippen molar-refractivity contribution in [3.05, 3.63) is 33.9 Å². The lowest BCUT2D eigenvalue weighted by atomic mass is 9.89. The summed E-state index contributed by atoms with van der Waals surface area (Å²) in [7, 11) is 0. The van der Waals surface area contributed by atoms with Gasteiger partial charge in [0.25, 0.3) is 5.69 Å². The summed E-state index contributed by atoms with van der Waals surface area (Å²) in [6.07, 6.45) is 6.08. The average molecular weight is 307 g/mol. The highest BCUT2D eigenvalue weighted by molar-refractivity contribution is 5.94. The summed E-state index contributed by atoms with van der Waals surface area (Å²) in [4.78, 5) is 21.6. The standard InChI is InChI=1S/C14H19N3O3.C2H6/c15-14(18)11-6-7-12(13(8-11)17(19)20)16-9-10-4-2-1-3-5-10;1-2/h6-8,10,16H,1-5,9H2,(H2,15,18);1-2H3. The predicted octanol–water partition coefficient (Wildman–Crippen LogP) is 3.71. The molecule has 0 spiro atoms. The highest BCUT2D eigenvalue weighted by Crippen LogP contribution is 2.28. The van der Waals surface area contributed by atoms with E-state index in [-0.39, 0.29) is 11.3 Å². The van der Waals surface area contributed by atoms with Gasteiger partial charge < -0.3 is 11.1 Å². The van der Waals surface area contributed by atoms with Crippen molar-refractivity contribution < 1.29 is 9.72 Å². The van der Waals surface area contributed by atoms with E-state index < -0.39 is 10.8 Å². The van der Waals surface area contributed by atoms with Gasteiger partial charge in [0.2, 0.25) is 5.91 Å². The summed E-state index contributed by atoms with van der Waals surface area (Å²) < 4.78 is 0. The molecule has 1 fully saturated rings. The van der Waals surface area contributed by atoms with Crippen LogP contribution in [-0.4, -0.2) is 17.4 Å². The van der Waals surface area contributed by atoms with Crippen molar-refractivity contribution in [1.29, 1.82) is 0 Å². The second-order valence-electron chi connectivity index (χ2n) is 5.24. The Morgan fingerprint density at radius 3 is 2.50 bits per heavy atom. The molecule has 1 aromatic rings. The summed E-state index contributed by atoms with van der Waals surface area (Å²) in [5.74, 6) is -0.0916. The van der Waals surface area contributed by atoms with Crippen LogP contribution in [0.2, 0.25) is 0 Å². The molecule has 1 aromatic carbocycles. The van der Waals surface area contributed by atoms with Crippen LogP contribution in [0.1, 0.15) is 56.3 Å². The predicted molar refractivity (Wildman–Crippen MR) is 88.0 cm³/mol. The molecule has 0 aromatic heterocycles. The van der Waals surface area contributed by atoms with Crippen molar-refractivity contribution in [1.82, 2.24) is 0 Å². The van der Waals surface area contributed by atoms with Crippen LogP contribution in [0.25, 0.3) is 0 Å². The lowest BCUT2D eigenvalue weighted by Crippen LogP contribution is -2.18. The molecule has 122 valence electrons. The van der Waals surface area contributed by atoms with Crippen LogP contribution in [0, 0.1) is 16.0 Å². The minimum atomic E-state index is -0.660. The van der Waals surface area contributed by atoms with E-state index in [1.807, 2.05) is 13.8 Å². The minimum Gasteiger partial charge on any atom is -0.379 e. The van der Waals surface area contributed by atoms with Crippen LogP contribution in [0.15, 0.2) is 18.2 Å². The van der Waals surface area contributed by atoms with Gasteiger partial charge >= 0.3 is 0 Å². The highest BCUT2D eigenvalue weighted by atomic mass is 16.6. The Morgan fingerprint density at radius 1 is 1.32 bits per heavy atom. The summed E-state index contributed by atoms with van der Waals surface area (Å²) in [5, 5.41) is 14.2. The maximum atomic E-state index is 11.1. The van der Waals surface area contributed by atoms with Gasteiger partial charge in [0.15, 0.2) is 0 Å². The smallest absolute Gasteiger partial charge is 0.293 e. The summed E-state index contributed by atoms with van der Waals surface area (Å²) in [6.45, 7) is 4.73. The molecule has 1 aliphatic rings. The van der Waals surface area contributed by atoms with E-state index in [1.54, 1.807) is 6.07 Å². The number of hydrogen-bond acceptors (Lipinski definition) is 4. The fourth-order valence-electron chi connectivity index (χ4n) is 2.63. The average Bonchev–Trinajstić information content (AvgIpc) is 2.55. The maximum Gasteiger partial charge on any atom is 0.293 e. The molecular formula is C16H25N3O3. The van der Waals surface area contributed by atoms with Gasteiger partial charge in [-0.15, -0.1) is 0 Å². The Kier molecular flexibility index (Phi) is 7.36. The second-order valence-corrected chi connectivity index (χ2v) is 5.24. The fraction of sp³-hybridized carbons (Fsp3) is 0.562. The van der Waals surface area contributed by atoms with Crippen LogP contribution in [0.4, 0.5) is 11.4 Å². The molecule has 0 aliphatic heterocycles. The lowest BCUT2D eigenvalue weighted by Gasteiger charge is -2.22. The largest absolute Gasteiger partial charge is 0.379 e. The van der Waals surface area contributed by atoms with Gasteiger partial charge in [-0.3, -0.25) is 14.9 Å². The van der Waals surface area contributed by atoms with Crippen LogP contribution >= 0.6 is 0 Å². The molecule has 0 heterocycles. The normalized spacial score (nSPS) is 14.6. The Hall–Kier alpha value is -2.11. The zero-order chi connectivity index (χ0) is 16.5. The van der Waals surface area contributed by atoms with E-state index in [2.05, 4.69) is 5.32 Å². The number of primary amides is 1. The quantitative estimate of drug-likeness (QED) is 0.640. The van der Waals surface area contributed by atoms with Gasteiger partial charge in [0, 0.05) is 18.2 Å². The lowest BCUT2D eigenvalue weighted by molar-refractivity contribution is -0.384. The first-order chi connectivity index (χ1) is 10.6. The van der Waals surface area contributed by atoms with E-state index in [0.717, 1.165) is 6.54 Å². The van der Waals surface area contributed by atoms with Gasteiger partial charge in [0.05, 0.1) is 4.92 Å². The maximum absolute atomic E-state index is 11.1. The molecule has 3 N–H and O–H groups in total. The molecule has 22 heavy (non-hydrogen) atoms. The van der Waals surface area contributed by atoms with E-state index >= 15 is 0 Å². The third-order valence-electron chi connectivity index (χ3n) is 3.78. The highest BCUT2D eigenvalue weighted by Gasteiger charge is 2.18. The number of nitro groups is 1. The zero-order valence-electron chi connectivity index (χ0n) is 13.3. The summed E-state index contributed by atoms with van der Waals surface area (Å²) >= 11 is 0. The Labute approximate surface area is 131 Å². The monoisotopic (exact) mass is 307 g/mol. The number of nitro benzene ring substituents is 1. The first-order valence-corrected chi connectivity index (χ1v) is 7.90. The third-order valence-corrected chi connectivity index (χ3v) is 3.78. The van der Waals surface area contributed by atoms with Crippen molar-refractivity contribution >= 4 is 17.3 Å². The molecule has 1 amide bonds. The van der Waals surface area contributed by atoms with Crippen LogP contribution in [0.5, 0.6) is 0 Å². The van der Waals surface area contributed by atoms with Gasteiger partial charge in [-0.2, -0.15) is 0 Å². The molecule has 6 nitrogen and oxygen atoms in total. The third kappa shape index (κ3) is 5.02. The summed E-state index contributed by atoms with van der Waals surface area (Å²) in [5.41, 5.74) is 5.64. The topological polar surface area (TPSA) is 98.3 Å². The molecule has 1 aliphatic carbocycles. The zero-order valence-corrected chi connectivity index (χ0v) is 13.3. The van der Waals surface area contributed by atoms with Crippen molar-refractivity contribution in [3.63, 3.8) is 0 Å². The van der Waals surface area contributed by atoms with Crippen molar-refractivity contribution in [2.24, 2.45) is 11.7 Å². The van der Waals surface area contributed by atoms with Crippen molar-refractivity contribution in [3.8, 4) is 0 Å². The Bertz CT molecular complexity index is 511. The number of hydrogen-bond donors (Lipinski definition) is 2. The van der Waals surface area contributed by atoms with Gasteiger partial charge in [-0.05, 0) is 30.9 Å². The number of rotatable bonds is 5. The van der Waals surface area contributed by atoms with E-state index in [9.17, 15) is 14.9 Å². The number of nitrogens with one attached hydrogen (secondary N) is 1. The molecule has 0 saturated heterocycles. The van der Waals surface area contributed by atoms with Crippen molar-refractivity contribution in [2.75, 3.05) is 11.9 Å². The molecule has 2 rings (SSSR count). The number of carbonyl (C=O) groups is 1. The number of nitrogens with zero attached hydrogens (tertiary/aromatic N) is 1.